The van der Waals surface area contributed by atoms with Gasteiger partial charge < -0.3 is 10.5 Å². The van der Waals surface area contributed by atoms with Gasteiger partial charge in [0.15, 0.2) is 0 Å². The molecule has 0 heterocycles. The minimum absolute atomic E-state index is 0.0572. The highest BCUT2D eigenvalue weighted by atomic mass is 16.5. The van der Waals surface area contributed by atoms with E-state index in [1.807, 2.05) is 26.0 Å². The third kappa shape index (κ3) is 2.96. The minimum atomic E-state index is 0.0572. The van der Waals surface area contributed by atoms with Crippen LogP contribution in [0.1, 0.15) is 48.9 Å². The van der Waals surface area contributed by atoms with E-state index >= 15 is 0 Å². The van der Waals surface area contributed by atoms with Crippen LogP contribution in [0, 0.1) is 0 Å². The summed E-state index contributed by atoms with van der Waals surface area (Å²) < 4.78 is 5.69. The second-order valence-corrected chi connectivity index (χ2v) is 6.11. The Morgan fingerprint density at radius 1 is 1.05 bits per heavy atom. The molecule has 2 nitrogen and oxygen atoms in total. The molecule has 0 fully saturated rings. The zero-order valence-corrected chi connectivity index (χ0v) is 12.8. The van der Waals surface area contributed by atoms with E-state index in [4.69, 9.17) is 10.5 Å². The van der Waals surface area contributed by atoms with Crippen LogP contribution < -0.4 is 10.5 Å². The van der Waals surface area contributed by atoms with Gasteiger partial charge in [0.2, 0.25) is 0 Å². The smallest absolute Gasteiger partial charge is 0.119 e. The first-order chi connectivity index (χ1) is 10.1. The van der Waals surface area contributed by atoms with E-state index in [0.717, 1.165) is 18.6 Å². The quantitative estimate of drug-likeness (QED) is 0.911. The maximum atomic E-state index is 6.53. The van der Waals surface area contributed by atoms with Gasteiger partial charge in [-0.05, 0) is 55.5 Å². The van der Waals surface area contributed by atoms with Crippen LogP contribution in [0.25, 0.3) is 0 Å². The average molecular weight is 281 g/mol. The van der Waals surface area contributed by atoms with Gasteiger partial charge in [-0.1, -0.05) is 36.4 Å². The minimum Gasteiger partial charge on any atom is -0.491 e. The first-order valence-corrected chi connectivity index (χ1v) is 7.75. The molecule has 2 heteroatoms. The molecule has 0 aromatic heterocycles. The molecule has 3 rings (SSSR count). The van der Waals surface area contributed by atoms with Crippen molar-refractivity contribution in [1.82, 2.24) is 0 Å². The molecule has 2 aromatic rings. The summed E-state index contributed by atoms with van der Waals surface area (Å²) in [5, 5.41) is 0. The lowest BCUT2D eigenvalue weighted by atomic mass is 9.89. The van der Waals surface area contributed by atoms with Crippen molar-refractivity contribution in [2.24, 2.45) is 5.73 Å². The van der Waals surface area contributed by atoms with Gasteiger partial charge in [0, 0.05) is 12.0 Å². The topological polar surface area (TPSA) is 35.2 Å². The molecule has 2 N–H and O–H groups in total. The zero-order valence-electron chi connectivity index (χ0n) is 12.8. The van der Waals surface area contributed by atoms with Crippen LogP contribution in [-0.4, -0.2) is 6.10 Å². The normalized spacial score (nSPS) is 18.6. The Morgan fingerprint density at radius 3 is 2.48 bits per heavy atom. The zero-order chi connectivity index (χ0) is 14.8. The average Bonchev–Trinajstić information content (AvgIpc) is 2.90. The molecule has 110 valence electrons. The molecule has 0 saturated heterocycles. The van der Waals surface area contributed by atoms with Crippen molar-refractivity contribution < 1.29 is 4.74 Å². The fourth-order valence-corrected chi connectivity index (χ4v) is 3.24. The Hall–Kier alpha value is -1.80. The molecule has 0 spiro atoms. The lowest BCUT2D eigenvalue weighted by molar-refractivity contribution is 0.242. The van der Waals surface area contributed by atoms with Crippen molar-refractivity contribution in [3.8, 4) is 5.75 Å². The number of nitrogens with two attached hydrogens (primary N) is 1. The van der Waals surface area contributed by atoms with Crippen molar-refractivity contribution in [3.63, 3.8) is 0 Å². The number of hydrogen-bond donors (Lipinski definition) is 1. The molecular weight excluding hydrogens is 258 g/mol. The molecule has 1 aliphatic rings. The Bertz CT molecular complexity index is 603. The van der Waals surface area contributed by atoms with Crippen molar-refractivity contribution in [1.29, 1.82) is 0 Å². The summed E-state index contributed by atoms with van der Waals surface area (Å²) in [4.78, 5) is 0. The van der Waals surface area contributed by atoms with Crippen LogP contribution in [0.15, 0.2) is 48.5 Å². The molecule has 2 aromatic carbocycles. The summed E-state index contributed by atoms with van der Waals surface area (Å²) in [6.07, 6.45) is 2.49. The highest BCUT2D eigenvalue weighted by Gasteiger charge is 2.28. The van der Waals surface area contributed by atoms with Crippen molar-refractivity contribution in [2.75, 3.05) is 0 Å². The standard InChI is InChI=1S/C19H23NO/c1-13(2)21-16-10-7-15(8-11-16)19(20)18-12-9-14-5-3-4-6-17(14)18/h3-8,10-11,13,18-19H,9,12,20H2,1-2H3. The van der Waals surface area contributed by atoms with E-state index in [9.17, 15) is 0 Å². The van der Waals surface area contributed by atoms with Crippen LogP contribution >= 0.6 is 0 Å². The summed E-state index contributed by atoms with van der Waals surface area (Å²) in [5.41, 5.74) is 10.6. The molecule has 2 unspecified atom stereocenters. The number of hydrogen-bond acceptors (Lipinski definition) is 2. The number of fused-ring (bicyclic) bond motifs is 1. The SMILES string of the molecule is CC(C)Oc1ccc(C(N)C2CCc3ccccc32)cc1. The van der Waals surface area contributed by atoms with E-state index in [1.54, 1.807) is 0 Å². The highest BCUT2D eigenvalue weighted by molar-refractivity contribution is 5.39. The number of benzene rings is 2. The van der Waals surface area contributed by atoms with Gasteiger partial charge in [-0.15, -0.1) is 0 Å². The molecule has 0 amide bonds. The van der Waals surface area contributed by atoms with Crippen molar-refractivity contribution in [3.05, 3.63) is 65.2 Å². The second kappa shape index (κ2) is 5.90. The van der Waals surface area contributed by atoms with Crippen molar-refractivity contribution >= 4 is 0 Å². The van der Waals surface area contributed by atoms with E-state index in [1.165, 1.54) is 16.7 Å². The summed E-state index contributed by atoms with van der Waals surface area (Å²) in [6.45, 7) is 4.07. The number of rotatable bonds is 4. The Morgan fingerprint density at radius 2 is 1.76 bits per heavy atom. The van der Waals surface area contributed by atoms with Gasteiger partial charge in [0.1, 0.15) is 5.75 Å². The molecule has 2 atom stereocenters. The lowest BCUT2D eigenvalue weighted by Crippen LogP contribution is -2.18. The van der Waals surface area contributed by atoms with Crippen molar-refractivity contribution in [2.45, 2.75) is 44.8 Å². The predicted octanol–water partition coefficient (Wildman–Crippen LogP) is 4.20. The van der Waals surface area contributed by atoms with Crippen LogP contribution in [0.4, 0.5) is 0 Å². The Kier molecular flexibility index (Phi) is 3.98. The van der Waals surface area contributed by atoms with Crippen LogP contribution in [0.2, 0.25) is 0 Å². The Balaban J connectivity index is 1.78. The summed E-state index contributed by atoms with van der Waals surface area (Å²) >= 11 is 0. The highest BCUT2D eigenvalue weighted by Crippen LogP contribution is 2.40. The molecule has 0 aliphatic heterocycles. The summed E-state index contributed by atoms with van der Waals surface area (Å²) in [6, 6.07) is 17.0. The second-order valence-electron chi connectivity index (χ2n) is 6.11. The molecule has 0 bridgehead atoms. The summed E-state index contributed by atoms with van der Waals surface area (Å²) in [5.74, 6) is 1.34. The molecule has 21 heavy (non-hydrogen) atoms. The first kappa shape index (κ1) is 14.2. The molecule has 1 aliphatic carbocycles. The van der Waals surface area contributed by atoms with Gasteiger partial charge >= 0.3 is 0 Å². The van der Waals surface area contributed by atoms with Crippen LogP contribution in [0.3, 0.4) is 0 Å². The maximum absolute atomic E-state index is 6.53. The van der Waals surface area contributed by atoms with E-state index in [0.29, 0.717) is 5.92 Å². The molecule has 0 radical (unpaired) electrons. The fourth-order valence-electron chi connectivity index (χ4n) is 3.24. The van der Waals surface area contributed by atoms with Gasteiger partial charge in [0.25, 0.3) is 0 Å². The monoisotopic (exact) mass is 281 g/mol. The predicted molar refractivity (Wildman–Crippen MR) is 86.6 cm³/mol. The van der Waals surface area contributed by atoms with Gasteiger partial charge in [-0.3, -0.25) is 0 Å². The van der Waals surface area contributed by atoms with Gasteiger partial charge in [-0.2, -0.15) is 0 Å². The summed E-state index contributed by atoms with van der Waals surface area (Å²) in [7, 11) is 0. The van der Waals surface area contributed by atoms with E-state index in [-0.39, 0.29) is 12.1 Å². The molecular formula is C19H23NO. The van der Waals surface area contributed by atoms with Gasteiger partial charge in [0.05, 0.1) is 6.10 Å². The van der Waals surface area contributed by atoms with E-state index in [2.05, 4.69) is 36.4 Å². The maximum Gasteiger partial charge on any atom is 0.119 e. The molecule has 0 saturated carbocycles. The fraction of sp³-hybridized carbons (Fsp3) is 0.368. The number of aryl methyl sites for hydroxylation is 1. The lowest BCUT2D eigenvalue weighted by Gasteiger charge is -2.21. The third-order valence-corrected chi connectivity index (χ3v) is 4.25. The first-order valence-electron chi connectivity index (χ1n) is 7.75. The van der Waals surface area contributed by atoms with E-state index < -0.39 is 0 Å². The number of ether oxygens (including phenoxy) is 1. The largest absolute Gasteiger partial charge is 0.491 e. The van der Waals surface area contributed by atoms with Gasteiger partial charge in [-0.25, -0.2) is 0 Å². The van der Waals surface area contributed by atoms with Crippen LogP contribution in [0.5, 0.6) is 5.75 Å². The third-order valence-electron chi connectivity index (χ3n) is 4.25. The Labute approximate surface area is 126 Å². The van der Waals surface area contributed by atoms with Crippen LogP contribution in [-0.2, 0) is 6.42 Å².